The fraction of sp³-hybridized carbons (Fsp3) is 0.593. The first-order valence-electron chi connectivity index (χ1n) is 12.1. The van der Waals surface area contributed by atoms with Gasteiger partial charge in [0.15, 0.2) is 0 Å². The van der Waals surface area contributed by atoms with Gasteiger partial charge >= 0.3 is 18.0 Å². The standard InChI is InChI=1S/C27H40N2O6/c1-16(2)14-33-24(30)21-18(5)28-19(6)22(25(31)34-15-17(3)4)23(21)20-10-12-29(13-11-20)26(32)35-27(7,8)9/h10-12,16-17,23,28H,13-15H2,1-9H3. The molecule has 8 heteroatoms. The number of rotatable bonds is 7. The molecular formula is C27H40N2O6. The van der Waals surface area contributed by atoms with Crippen molar-refractivity contribution in [3.05, 3.63) is 46.5 Å². The van der Waals surface area contributed by atoms with Crippen LogP contribution in [0.3, 0.4) is 0 Å². The molecule has 8 nitrogen and oxygen atoms in total. The van der Waals surface area contributed by atoms with Gasteiger partial charge in [0.25, 0.3) is 0 Å². The number of hydrogen-bond acceptors (Lipinski definition) is 7. The highest BCUT2D eigenvalue weighted by Crippen LogP contribution is 2.38. The van der Waals surface area contributed by atoms with E-state index in [1.165, 1.54) is 4.90 Å². The van der Waals surface area contributed by atoms with Gasteiger partial charge in [0, 0.05) is 24.1 Å². The highest BCUT2D eigenvalue weighted by atomic mass is 16.6. The molecular weight excluding hydrogens is 448 g/mol. The number of carbonyl (C=O) groups excluding carboxylic acids is 3. The molecule has 0 aromatic rings. The number of dihydropyridines is 1. The highest BCUT2D eigenvalue weighted by Gasteiger charge is 2.39. The Morgan fingerprint density at radius 1 is 0.971 bits per heavy atom. The Kier molecular flexibility index (Phi) is 9.35. The summed E-state index contributed by atoms with van der Waals surface area (Å²) in [5.74, 6) is -1.33. The lowest BCUT2D eigenvalue weighted by molar-refractivity contribution is -0.141. The second-order valence-corrected chi connectivity index (χ2v) is 10.8. The van der Waals surface area contributed by atoms with Crippen molar-refractivity contribution in [3.8, 4) is 0 Å². The number of nitrogens with one attached hydrogen (secondary N) is 1. The normalized spacial score (nSPS) is 17.0. The van der Waals surface area contributed by atoms with Gasteiger partial charge in [0.1, 0.15) is 5.60 Å². The van der Waals surface area contributed by atoms with Gasteiger partial charge in [-0.2, -0.15) is 0 Å². The van der Waals surface area contributed by atoms with E-state index in [1.807, 2.05) is 33.8 Å². The third kappa shape index (κ3) is 7.73. The Morgan fingerprint density at radius 3 is 1.83 bits per heavy atom. The van der Waals surface area contributed by atoms with Crippen molar-refractivity contribution < 1.29 is 28.6 Å². The largest absolute Gasteiger partial charge is 0.462 e. The maximum absolute atomic E-state index is 13.2. The molecule has 0 saturated carbocycles. The van der Waals surface area contributed by atoms with Gasteiger partial charge in [-0.15, -0.1) is 0 Å². The molecule has 2 heterocycles. The summed E-state index contributed by atoms with van der Waals surface area (Å²) in [6.07, 6.45) is 4.70. The number of allylic oxidation sites excluding steroid dienone is 4. The summed E-state index contributed by atoms with van der Waals surface area (Å²) in [6.45, 7) is 17.6. The predicted molar refractivity (Wildman–Crippen MR) is 134 cm³/mol. The summed E-state index contributed by atoms with van der Waals surface area (Å²) in [4.78, 5) is 40.3. The van der Waals surface area contributed by atoms with Gasteiger partial charge in [-0.05, 0) is 58.1 Å². The fourth-order valence-electron chi connectivity index (χ4n) is 3.69. The van der Waals surface area contributed by atoms with Crippen molar-refractivity contribution in [1.82, 2.24) is 10.2 Å². The Hall–Kier alpha value is -3.03. The summed E-state index contributed by atoms with van der Waals surface area (Å²) >= 11 is 0. The summed E-state index contributed by atoms with van der Waals surface area (Å²) in [5.41, 5.74) is 2.03. The molecule has 2 rings (SSSR count). The van der Waals surface area contributed by atoms with Gasteiger partial charge in [0.05, 0.1) is 30.3 Å². The fourth-order valence-corrected chi connectivity index (χ4v) is 3.69. The van der Waals surface area contributed by atoms with E-state index in [4.69, 9.17) is 14.2 Å². The minimum Gasteiger partial charge on any atom is -0.462 e. The van der Waals surface area contributed by atoms with Gasteiger partial charge in [-0.1, -0.05) is 33.8 Å². The van der Waals surface area contributed by atoms with E-state index in [0.29, 0.717) is 28.1 Å². The minimum absolute atomic E-state index is 0.166. The first-order chi connectivity index (χ1) is 16.2. The Bertz CT molecular complexity index is 917. The lowest BCUT2D eigenvalue weighted by Crippen LogP contribution is -2.37. The third-order valence-corrected chi connectivity index (χ3v) is 5.23. The number of esters is 2. The number of amides is 1. The third-order valence-electron chi connectivity index (χ3n) is 5.23. The van der Waals surface area contributed by atoms with Gasteiger partial charge in [-0.3, -0.25) is 4.90 Å². The zero-order chi connectivity index (χ0) is 26.5. The first-order valence-corrected chi connectivity index (χ1v) is 12.1. The van der Waals surface area contributed by atoms with Crippen LogP contribution in [0.25, 0.3) is 0 Å². The molecule has 0 spiro atoms. The molecule has 194 valence electrons. The number of ether oxygens (including phenoxy) is 3. The predicted octanol–water partition coefficient (Wildman–Crippen LogP) is 4.84. The van der Waals surface area contributed by atoms with Crippen molar-refractivity contribution in [3.63, 3.8) is 0 Å². The monoisotopic (exact) mass is 488 g/mol. The molecule has 1 N–H and O–H groups in total. The Balaban J connectivity index is 2.43. The first kappa shape index (κ1) is 28.2. The van der Waals surface area contributed by atoms with Gasteiger partial charge in [0.2, 0.25) is 0 Å². The topological polar surface area (TPSA) is 94.2 Å². The Morgan fingerprint density at radius 2 is 1.46 bits per heavy atom. The average molecular weight is 489 g/mol. The van der Waals surface area contributed by atoms with Crippen LogP contribution in [0, 0.1) is 17.8 Å². The van der Waals surface area contributed by atoms with Crippen LogP contribution < -0.4 is 5.32 Å². The smallest absolute Gasteiger partial charge is 0.414 e. The van der Waals surface area contributed by atoms with E-state index in [-0.39, 0.29) is 31.6 Å². The van der Waals surface area contributed by atoms with E-state index in [0.717, 1.165) is 0 Å². The molecule has 2 aliphatic rings. The second-order valence-electron chi connectivity index (χ2n) is 10.8. The highest BCUT2D eigenvalue weighted by molar-refractivity contribution is 5.99. The van der Waals surface area contributed by atoms with Crippen LogP contribution in [0.5, 0.6) is 0 Å². The van der Waals surface area contributed by atoms with Crippen LogP contribution in [0.4, 0.5) is 4.79 Å². The number of hydrogen-bond donors (Lipinski definition) is 1. The molecule has 0 radical (unpaired) electrons. The van der Waals surface area contributed by atoms with Crippen molar-refractivity contribution in [2.24, 2.45) is 17.8 Å². The van der Waals surface area contributed by atoms with Crippen LogP contribution in [-0.2, 0) is 23.8 Å². The quantitative estimate of drug-likeness (QED) is 0.405. The van der Waals surface area contributed by atoms with Crippen LogP contribution >= 0.6 is 0 Å². The number of nitrogens with zero attached hydrogens (tertiary/aromatic N) is 1. The molecule has 0 aliphatic carbocycles. The average Bonchev–Trinajstić information content (AvgIpc) is 2.74. The van der Waals surface area contributed by atoms with E-state index < -0.39 is 29.6 Å². The van der Waals surface area contributed by atoms with Crippen molar-refractivity contribution >= 4 is 18.0 Å². The zero-order valence-electron chi connectivity index (χ0n) is 22.5. The summed E-state index contributed by atoms with van der Waals surface area (Å²) in [5, 5.41) is 3.16. The lowest BCUT2D eigenvalue weighted by Gasteiger charge is -2.33. The Labute approximate surface area is 209 Å². The maximum Gasteiger partial charge on any atom is 0.414 e. The van der Waals surface area contributed by atoms with E-state index in [2.05, 4.69) is 5.32 Å². The van der Waals surface area contributed by atoms with E-state index in [1.54, 1.807) is 46.9 Å². The molecule has 0 aromatic carbocycles. The molecule has 2 aliphatic heterocycles. The van der Waals surface area contributed by atoms with Crippen LogP contribution in [-0.4, -0.2) is 48.3 Å². The number of carbonyl (C=O) groups is 3. The molecule has 0 bridgehead atoms. The molecule has 0 fully saturated rings. The van der Waals surface area contributed by atoms with Crippen LogP contribution in [0.2, 0.25) is 0 Å². The molecule has 0 aromatic heterocycles. The SMILES string of the molecule is CC1=C(C(=O)OCC(C)C)C(C2=CCN(C(=O)OC(C)(C)C)C=C2)C(C(=O)OCC(C)C)=C(C)N1. The van der Waals surface area contributed by atoms with Crippen LogP contribution in [0.1, 0.15) is 62.3 Å². The molecule has 35 heavy (non-hydrogen) atoms. The second kappa shape index (κ2) is 11.6. The molecule has 1 amide bonds. The van der Waals surface area contributed by atoms with Crippen molar-refractivity contribution in [2.75, 3.05) is 19.8 Å². The van der Waals surface area contributed by atoms with Crippen molar-refractivity contribution in [1.29, 1.82) is 0 Å². The lowest BCUT2D eigenvalue weighted by atomic mass is 9.79. The van der Waals surface area contributed by atoms with Gasteiger partial charge < -0.3 is 19.5 Å². The maximum atomic E-state index is 13.2. The zero-order valence-corrected chi connectivity index (χ0v) is 22.5. The van der Waals surface area contributed by atoms with Gasteiger partial charge in [-0.25, -0.2) is 14.4 Å². The summed E-state index contributed by atoms with van der Waals surface area (Å²) in [7, 11) is 0. The van der Waals surface area contributed by atoms with E-state index >= 15 is 0 Å². The van der Waals surface area contributed by atoms with Crippen molar-refractivity contribution in [2.45, 2.75) is 67.9 Å². The summed E-state index contributed by atoms with van der Waals surface area (Å²) < 4.78 is 16.6. The molecule has 0 unspecified atom stereocenters. The molecule has 0 saturated heterocycles. The minimum atomic E-state index is -0.687. The molecule has 0 atom stereocenters. The summed E-state index contributed by atoms with van der Waals surface area (Å²) in [6, 6.07) is 0. The van der Waals surface area contributed by atoms with Crippen LogP contribution in [0.15, 0.2) is 46.5 Å². The van der Waals surface area contributed by atoms with E-state index in [9.17, 15) is 14.4 Å².